The molecule has 1 aliphatic heterocycles. The number of fused-ring (bicyclic) bond motifs is 1. The summed E-state index contributed by atoms with van der Waals surface area (Å²) in [6, 6.07) is 4.41. The average molecular weight is 411 g/mol. The zero-order valence-corrected chi connectivity index (χ0v) is 17.4. The van der Waals surface area contributed by atoms with Gasteiger partial charge < -0.3 is 10.3 Å². The number of rotatable bonds is 8. The molecule has 2 fully saturated rings. The lowest BCUT2D eigenvalue weighted by molar-refractivity contribution is -0.117. The van der Waals surface area contributed by atoms with E-state index < -0.39 is 0 Å². The molecule has 1 amide bonds. The number of amides is 1. The van der Waals surface area contributed by atoms with Crippen LogP contribution in [0.2, 0.25) is 0 Å². The van der Waals surface area contributed by atoms with Crippen LogP contribution < -0.4 is 5.32 Å². The Hall–Kier alpha value is -2.32. The molecular weight excluding hydrogens is 384 g/mol. The fraction of sp³-hybridized carbons (Fsp3) is 0.476. The number of unbranched alkanes of at least 4 members (excludes halogenated alkanes) is 1. The lowest BCUT2D eigenvalue weighted by Crippen LogP contribution is -2.43. The number of aromatic amines is 1. The van der Waals surface area contributed by atoms with Gasteiger partial charge in [-0.1, -0.05) is 25.3 Å². The first-order chi connectivity index (χ1) is 14.2. The first-order valence-corrected chi connectivity index (χ1v) is 11.4. The summed E-state index contributed by atoms with van der Waals surface area (Å²) in [7, 11) is 0. The first-order valence-electron chi connectivity index (χ1n) is 10.4. The van der Waals surface area contributed by atoms with E-state index in [1.807, 2.05) is 36.5 Å². The summed E-state index contributed by atoms with van der Waals surface area (Å²) in [5.41, 5.74) is 2.88. The molecule has 1 saturated heterocycles. The smallest absolute Gasteiger partial charge is 0.228 e. The quantitative estimate of drug-likeness (QED) is 0.432. The number of carbonyl (C=O) groups excluding carboxylic acids is 1. The van der Waals surface area contributed by atoms with Crippen molar-refractivity contribution >= 4 is 34.7 Å². The van der Waals surface area contributed by atoms with E-state index in [1.54, 1.807) is 0 Å². The Kier molecular flexibility index (Phi) is 5.05. The van der Waals surface area contributed by atoms with Crippen LogP contribution >= 0.6 is 11.9 Å². The van der Waals surface area contributed by atoms with E-state index in [-0.39, 0.29) is 11.8 Å². The first kappa shape index (κ1) is 18.7. The number of nitrogens with zero attached hydrogens (tertiary/aromatic N) is 4. The van der Waals surface area contributed by atoms with Gasteiger partial charge in [0.2, 0.25) is 5.91 Å². The molecule has 29 heavy (non-hydrogen) atoms. The van der Waals surface area contributed by atoms with Crippen LogP contribution in [0.3, 0.4) is 0 Å². The Morgan fingerprint density at radius 3 is 3.03 bits per heavy atom. The summed E-state index contributed by atoms with van der Waals surface area (Å²) in [5.74, 6) is 2.02. The van der Waals surface area contributed by atoms with Crippen molar-refractivity contribution in [3.63, 3.8) is 0 Å². The number of pyridine rings is 1. The van der Waals surface area contributed by atoms with Crippen molar-refractivity contribution in [2.45, 2.75) is 38.6 Å². The maximum Gasteiger partial charge on any atom is 0.228 e. The highest BCUT2D eigenvalue weighted by atomic mass is 32.2. The van der Waals surface area contributed by atoms with Crippen LogP contribution in [0.4, 0.5) is 5.82 Å². The van der Waals surface area contributed by atoms with Crippen molar-refractivity contribution in [3.05, 3.63) is 30.7 Å². The van der Waals surface area contributed by atoms with Crippen molar-refractivity contribution in [1.29, 1.82) is 0 Å². The van der Waals surface area contributed by atoms with Crippen LogP contribution in [-0.2, 0) is 4.79 Å². The van der Waals surface area contributed by atoms with Crippen LogP contribution in [0.1, 0.15) is 38.6 Å². The van der Waals surface area contributed by atoms with E-state index >= 15 is 0 Å². The maximum atomic E-state index is 12.2. The third-order valence-corrected chi connectivity index (χ3v) is 6.75. The minimum Gasteiger partial charge on any atom is -0.346 e. The minimum atomic E-state index is 0.0696. The Morgan fingerprint density at radius 2 is 2.24 bits per heavy atom. The van der Waals surface area contributed by atoms with Crippen molar-refractivity contribution in [2.75, 3.05) is 24.2 Å². The molecule has 0 bridgehead atoms. The van der Waals surface area contributed by atoms with Gasteiger partial charge in [0.1, 0.15) is 11.5 Å². The van der Waals surface area contributed by atoms with E-state index in [0.717, 1.165) is 48.1 Å². The fourth-order valence-corrected chi connectivity index (χ4v) is 4.85. The topological polar surface area (TPSA) is 78.8 Å². The van der Waals surface area contributed by atoms with E-state index in [9.17, 15) is 4.79 Å². The summed E-state index contributed by atoms with van der Waals surface area (Å²) < 4.78 is 4.50. The molecule has 7 nitrogen and oxygen atoms in total. The predicted octanol–water partition coefficient (Wildman–Crippen LogP) is 4.08. The Morgan fingerprint density at radius 1 is 1.38 bits per heavy atom. The molecule has 0 atom stereocenters. The van der Waals surface area contributed by atoms with Gasteiger partial charge in [0.05, 0.1) is 12.2 Å². The van der Waals surface area contributed by atoms with Crippen molar-refractivity contribution in [1.82, 2.24) is 24.1 Å². The molecule has 0 unspecified atom stereocenters. The second-order valence-electron chi connectivity index (χ2n) is 7.96. The number of H-pyrrole nitrogens is 1. The summed E-state index contributed by atoms with van der Waals surface area (Å²) in [4.78, 5) is 19.9. The lowest BCUT2D eigenvalue weighted by atomic mass is 10.1. The Bertz CT molecular complexity index is 1020. The Labute approximate surface area is 174 Å². The highest BCUT2D eigenvalue weighted by molar-refractivity contribution is 7.97. The largest absolute Gasteiger partial charge is 0.346 e. The van der Waals surface area contributed by atoms with Gasteiger partial charge in [-0.15, -0.1) is 0 Å². The van der Waals surface area contributed by atoms with E-state index in [1.165, 1.54) is 18.6 Å². The molecule has 2 aliphatic rings. The van der Waals surface area contributed by atoms with Crippen molar-refractivity contribution in [3.8, 4) is 11.1 Å². The number of carbonyl (C=O) groups is 1. The zero-order chi connectivity index (χ0) is 19.8. The van der Waals surface area contributed by atoms with Gasteiger partial charge >= 0.3 is 0 Å². The molecule has 0 radical (unpaired) electrons. The summed E-state index contributed by atoms with van der Waals surface area (Å²) in [6.07, 6.45) is 10.4. The zero-order valence-electron chi connectivity index (χ0n) is 16.6. The summed E-state index contributed by atoms with van der Waals surface area (Å²) in [5, 5.41) is 8.64. The second kappa shape index (κ2) is 7.84. The molecule has 4 heterocycles. The third-order valence-electron chi connectivity index (χ3n) is 5.62. The monoisotopic (exact) mass is 410 g/mol. The maximum absolute atomic E-state index is 12.2. The van der Waals surface area contributed by atoms with E-state index in [2.05, 4.69) is 42.5 Å². The van der Waals surface area contributed by atoms with Gasteiger partial charge in [0, 0.05) is 48.1 Å². The van der Waals surface area contributed by atoms with Gasteiger partial charge in [0.15, 0.2) is 0 Å². The van der Waals surface area contributed by atoms with E-state index in [0.29, 0.717) is 11.9 Å². The molecule has 8 heteroatoms. The molecule has 3 aromatic heterocycles. The molecule has 152 valence electrons. The average Bonchev–Trinajstić information content (AvgIpc) is 3.24. The molecule has 1 aliphatic carbocycles. The van der Waals surface area contributed by atoms with Gasteiger partial charge in [0.25, 0.3) is 0 Å². The predicted molar refractivity (Wildman–Crippen MR) is 117 cm³/mol. The molecule has 2 N–H and O–H groups in total. The summed E-state index contributed by atoms with van der Waals surface area (Å²) >= 11 is 1.95. The van der Waals surface area contributed by atoms with Crippen LogP contribution in [0.25, 0.3) is 22.2 Å². The van der Waals surface area contributed by atoms with Gasteiger partial charge in [-0.2, -0.15) is 5.10 Å². The van der Waals surface area contributed by atoms with Crippen LogP contribution in [-0.4, -0.2) is 48.8 Å². The molecule has 5 rings (SSSR count). The molecule has 1 saturated carbocycles. The number of anilines is 1. The number of nitrogens with one attached hydrogen (secondary N) is 2. The van der Waals surface area contributed by atoms with Crippen molar-refractivity contribution < 1.29 is 4.79 Å². The molecule has 0 spiro atoms. The molecular formula is C21H26N6OS. The fourth-order valence-electron chi connectivity index (χ4n) is 3.62. The van der Waals surface area contributed by atoms with Crippen molar-refractivity contribution in [2.24, 2.45) is 5.92 Å². The van der Waals surface area contributed by atoms with Crippen LogP contribution in [0.15, 0.2) is 30.7 Å². The third kappa shape index (κ3) is 3.91. The number of aromatic nitrogens is 4. The van der Waals surface area contributed by atoms with E-state index in [4.69, 9.17) is 0 Å². The van der Waals surface area contributed by atoms with Crippen LogP contribution in [0.5, 0.6) is 0 Å². The van der Waals surface area contributed by atoms with Gasteiger partial charge in [-0.3, -0.25) is 9.48 Å². The lowest BCUT2D eigenvalue weighted by Gasteiger charge is -2.38. The minimum absolute atomic E-state index is 0.0696. The molecule has 0 aromatic carbocycles. The van der Waals surface area contributed by atoms with Gasteiger partial charge in [-0.05, 0) is 37.0 Å². The number of hydrogen-bond acceptors (Lipinski definition) is 5. The number of hydrogen-bond donors (Lipinski definition) is 2. The van der Waals surface area contributed by atoms with Gasteiger partial charge in [-0.25, -0.2) is 9.29 Å². The summed E-state index contributed by atoms with van der Waals surface area (Å²) in [6.45, 7) is 4.30. The highest BCUT2D eigenvalue weighted by Gasteiger charge is 2.31. The molecule has 3 aromatic rings. The SMILES string of the molecule is CCCCSN1CC(n2cc(-c3cc(NC(=O)C4CC4)nc4[nH]ccc34)cn2)C1. The van der Waals surface area contributed by atoms with Crippen LogP contribution in [0, 0.1) is 5.92 Å². The highest BCUT2D eigenvalue weighted by Crippen LogP contribution is 2.34. The second-order valence-corrected chi connectivity index (χ2v) is 9.14. The Balaban J connectivity index is 1.33. The normalized spacial score (nSPS) is 17.6. The standard InChI is InChI=1S/C21H26N6OS/c1-2-3-8-29-26-12-16(13-26)27-11-15(10-23-27)18-9-19(25-21(28)14-4-5-14)24-20-17(18)6-7-22-20/h6-7,9-11,14,16H,2-5,8,12-13H2,1H3,(H2,22,24,25,28).